The van der Waals surface area contributed by atoms with Crippen molar-refractivity contribution in [1.82, 2.24) is 25.1 Å². The van der Waals surface area contributed by atoms with Gasteiger partial charge in [-0.05, 0) is 36.6 Å². The monoisotopic (exact) mass is 509 g/mol. The summed E-state index contributed by atoms with van der Waals surface area (Å²) in [5.41, 5.74) is 1.74. The number of aromatic nitrogens is 4. The number of hydrogen-bond donors (Lipinski definition) is 1. The third kappa shape index (κ3) is 5.92. The molecule has 0 aromatic carbocycles. The average molecular weight is 510 g/mol. The van der Waals surface area contributed by atoms with E-state index in [9.17, 15) is 13.6 Å². The van der Waals surface area contributed by atoms with Crippen LogP contribution >= 0.6 is 0 Å². The van der Waals surface area contributed by atoms with Gasteiger partial charge in [0.05, 0.1) is 0 Å². The van der Waals surface area contributed by atoms with Crippen molar-refractivity contribution in [2.24, 2.45) is 5.41 Å². The number of carbonyl (C=O) groups excluding carboxylic acids is 1. The number of ether oxygens (including phenoxy) is 1. The number of halogens is 2. The Balaban J connectivity index is 1.05. The molecule has 1 spiro atoms. The summed E-state index contributed by atoms with van der Waals surface area (Å²) in [5, 5.41) is 11.4. The number of pyridine rings is 2. The van der Waals surface area contributed by atoms with E-state index in [1.54, 1.807) is 25.1 Å². The minimum Gasteiger partial charge on any atom is -0.472 e. The van der Waals surface area contributed by atoms with Crippen molar-refractivity contribution >= 4 is 17.5 Å². The summed E-state index contributed by atoms with van der Waals surface area (Å²) >= 11 is 0. The van der Waals surface area contributed by atoms with Gasteiger partial charge in [0.15, 0.2) is 0 Å². The summed E-state index contributed by atoms with van der Waals surface area (Å²) in [7, 11) is 0. The highest BCUT2D eigenvalue weighted by Gasteiger charge is 2.45. The van der Waals surface area contributed by atoms with Crippen LogP contribution < -0.4 is 15.0 Å². The second-order valence-corrected chi connectivity index (χ2v) is 9.68. The first-order valence-corrected chi connectivity index (χ1v) is 12.3. The summed E-state index contributed by atoms with van der Waals surface area (Å²) in [6.45, 7) is 6.04. The smallest absolute Gasteiger partial charge is 0.280 e. The fourth-order valence-electron chi connectivity index (χ4n) is 4.74. The van der Waals surface area contributed by atoms with Crippen LogP contribution in [0.5, 0.6) is 5.88 Å². The van der Waals surface area contributed by atoms with Crippen LogP contribution in [0.15, 0.2) is 48.8 Å². The molecule has 0 bridgehead atoms. The van der Waals surface area contributed by atoms with Gasteiger partial charge in [0, 0.05) is 69.1 Å². The van der Waals surface area contributed by atoms with E-state index in [0.717, 1.165) is 50.4 Å². The van der Waals surface area contributed by atoms with Gasteiger partial charge < -0.3 is 19.9 Å². The van der Waals surface area contributed by atoms with Crippen molar-refractivity contribution in [2.75, 3.05) is 36.4 Å². The fraction of sp³-hybridized carbons (Fsp3) is 0.423. The third-order valence-electron chi connectivity index (χ3n) is 7.03. The topological polar surface area (TPSA) is 96.4 Å². The van der Waals surface area contributed by atoms with Crippen LogP contribution in [0.3, 0.4) is 0 Å². The molecule has 2 saturated heterocycles. The number of nitrogens with one attached hydrogen (secondary N) is 1. The molecule has 0 aliphatic carbocycles. The normalized spacial score (nSPS) is 16.5. The molecule has 0 unspecified atom stereocenters. The largest absolute Gasteiger partial charge is 0.472 e. The summed E-state index contributed by atoms with van der Waals surface area (Å²) < 4.78 is 30.7. The molecule has 2 fully saturated rings. The van der Waals surface area contributed by atoms with Crippen LogP contribution in [0.1, 0.15) is 43.0 Å². The van der Waals surface area contributed by atoms with E-state index in [4.69, 9.17) is 4.74 Å². The highest BCUT2D eigenvalue weighted by Crippen LogP contribution is 2.42. The Morgan fingerprint density at radius 3 is 2.38 bits per heavy atom. The first-order valence-electron chi connectivity index (χ1n) is 12.3. The van der Waals surface area contributed by atoms with Gasteiger partial charge in [-0.25, -0.2) is 13.8 Å². The number of piperidine rings is 1. The number of nitrogens with zero attached hydrogens (tertiary/aromatic N) is 6. The molecule has 0 atom stereocenters. The van der Waals surface area contributed by atoms with E-state index in [1.807, 2.05) is 17.2 Å². The van der Waals surface area contributed by atoms with Crippen molar-refractivity contribution in [3.63, 3.8) is 0 Å². The maximum Gasteiger partial charge on any atom is 0.280 e. The minimum absolute atomic E-state index is 0.158. The number of carbonyl (C=O) groups is 1. The fourth-order valence-corrected chi connectivity index (χ4v) is 4.74. The van der Waals surface area contributed by atoms with Gasteiger partial charge in [-0.1, -0.05) is 12.1 Å². The molecular formula is C26H29F2N7O2. The molecular weight excluding hydrogens is 480 g/mol. The van der Waals surface area contributed by atoms with Crippen LogP contribution in [0.25, 0.3) is 0 Å². The van der Waals surface area contributed by atoms with E-state index in [1.165, 1.54) is 12.3 Å². The quantitative estimate of drug-likeness (QED) is 0.489. The molecule has 2 aliphatic rings. The molecule has 2 aliphatic heterocycles. The Hall–Kier alpha value is -3.89. The van der Waals surface area contributed by atoms with Crippen molar-refractivity contribution in [2.45, 2.75) is 39.3 Å². The lowest BCUT2D eigenvalue weighted by molar-refractivity contribution is -0.131. The maximum atomic E-state index is 12.6. The molecule has 1 N–H and O–H groups in total. The Bertz CT molecular complexity index is 1190. The molecule has 194 valence electrons. The van der Waals surface area contributed by atoms with Gasteiger partial charge in [0.25, 0.3) is 6.43 Å². The lowest BCUT2D eigenvalue weighted by atomic mass is 9.72. The highest BCUT2D eigenvalue weighted by molar-refractivity contribution is 5.73. The summed E-state index contributed by atoms with van der Waals surface area (Å²) in [5.74, 6) is 2.07. The number of anilines is 2. The zero-order valence-electron chi connectivity index (χ0n) is 20.6. The van der Waals surface area contributed by atoms with Gasteiger partial charge in [-0.2, -0.15) is 0 Å². The number of rotatable bonds is 8. The van der Waals surface area contributed by atoms with Gasteiger partial charge in [-0.15, -0.1) is 10.2 Å². The lowest BCUT2D eigenvalue weighted by Crippen LogP contribution is -2.61. The standard InChI is InChI=1S/C26H29F2N7O2/c1-18(36)34-10-8-26(9-11-34)16-35(17-26)23-6-3-19(13-31-23)12-30-22-5-7-24(33-32-22)37-15-20-2-4-21(25(27)28)29-14-20/h2-7,13-14,25H,8-12,15-17H2,1H3,(H,30,32). The molecule has 0 radical (unpaired) electrons. The first-order chi connectivity index (χ1) is 17.9. The van der Waals surface area contributed by atoms with Gasteiger partial charge >= 0.3 is 0 Å². The Labute approximate surface area is 213 Å². The van der Waals surface area contributed by atoms with Crippen molar-refractivity contribution in [3.8, 4) is 5.88 Å². The molecule has 9 nitrogen and oxygen atoms in total. The molecule has 37 heavy (non-hydrogen) atoms. The van der Waals surface area contributed by atoms with E-state index in [0.29, 0.717) is 29.2 Å². The Morgan fingerprint density at radius 1 is 1.03 bits per heavy atom. The van der Waals surface area contributed by atoms with Crippen LogP contribution in [0, 0.1) is 5.41 Å². The first kappa shape index (κ1) is 24.8. The average Bonchev–Trinajstić information content (AvgIpc) is 2.90. The SMILES string of the molecule is CC(=O)N1CCC2(CC1)CN(c1ccc(CNc3ccc(OCc4ccc(C(F)F)nc4)nn3)cn1)C2. The summed E-state index contributed by atoms with van der Waals surface area (Å²) in [6, 6.07) is 10.4. The van der Waals surface area contributed by atoms with Crippen molar-refractivity contribution < 1.29 is 18.3 Å². The zero-order chi connectivity index (χ0) is 25.8. The highest BCUT2D eigenvalue weighted by atomic mass is 19.3. The second-order valence-electron chi connectivity index (χ2n) is 9.68. The predicted molar refractivity (Wildman–Crippen MR) is 133 cm³/mol. The zero-order valence-corrected chi connectivity index (χ0v) is 20.6. The molecule has 11 heteroatoms. The van der Waals surface area contributed by atoms with Crippen LogP contribution in [0.2, 0.25) is 0 Å². The second kappa shape index (κ2) is 10.6. The Morgan fingerprint density at radius 2 is 1.78 bits per heavy atom. The van der Waals surface area contributed by atoms with E-state index in [2.05, 4.69) is 36.4 Å². The number of alkyl halides is 2. The lowest BCUT2D eigenvalue weighted by Gasteiger charge is -2.54. The van der Waals surface area contributed by atoms with Crippen LogP contribution in [-0.2, 0) is 17.9 Å². The van der Waals surface area contributed by atoms with Gasteiger partial charge in [0.1, 0.15) is 23.9 Å². The van der Waals surface area contributed by atoms with Gasteiger partial charge in [0.2, 0.25) is 11.8 Å². The molecule has 5 heterocycles. The third-order valence-corrected chi connectivity index (χ3v) is 7.03. The number of hydrogen-bond acceptors (Lipinski definition) is 8. The molecule has 3 aromatic rings. The molecule has 3 aromatic heterocycles. The summed E-state index contributed by atoms with van der Waals surface area (Å²) in [6.07, 6.45) is 2.75. The molecule has 0 saturated carbocycles. The van der Waals surface area contributed by atoms with Gasteiger partial charge in [-0.3, -0.25) is 9.78 Å². The molecule has 1 amide bonds. The van der Waals surface area contributed by atoms with E-state index in [-0.39, 0.29) is 18.2 Å². The van der Waals surface area contributed by atoms with Crippen LogP contribution in [0.4, 0.5) is 20.4 Å². The molecule has 5 rings (SSSR count). The number of likely N-dealkylation sites (tertiary alicyclic amines) is 1. The van der Waals surface area contributed by atoms with Crippen molar-refractivity contribution in [3.05, 3.63) is 65.6 Å². The number of amides is 1. The summed E-state index contributed by atoms with van der Waals surface area (Å²) in [4.78, 5) is 24.1. The Kier molecular flexibility index (Phi) is 7.11. The van der Waals surface area contributed by atoms with E-state index < -0.39 is 6.43 Å². The maximum absolute atomic E-state index is 12.6. The van der Waals surface area contributed by atoms with Crippen molar-refractivity contribution in [1.29, 1.82) is 0 Å². The van der Waals surface area contributed by atoms with E-state index >= 15 is 0 Å². The van der Waals surface area contributed by atoms with Crippen LogP contribution in [-0.4, -0.2) is 57.2 Å². The predicted octanol–water partition coefficient (Wildman–Crippen LogP) is 3.84. The minimum atomic E-state index is -2.59.